The van der Waals surface area contributed by atoms with E-state index in [4.69, 9.17) is 26.2 Å². The number of hydrogen-bond donors (Lipinski definition) is 1. The zero-order chi connectivity index (χ0) is 23.5. The maximum Gasteiger partial charge on any atom is 0.411 e. The average molecular weight is 476 g/mol. The van der Waals surface area contributed by atoms with Crippen LogP contribution in [0.1, 0.15) is 29.2 Å². The van der Waals surface area contributed by atoms with Gasteiger partial charge in [-0.1, -0.05) is 48.0 Å². The van der Waals surface area contributed by atoms with Crippen LogP contribution in [0.4, 0.5) is 10.5 Å². The number of fused-ring (bicyclic) bond motifs is 3. The Labute approximate surface area is 204 Å². The van der Waals surface area contributed by atoms with Crippen molar-refractivity contribution in [3.8, 4) is 5.75 Å². The average Bonchev–Trinajstić information content (AvgIpc) is 3.24. The Morgan fingerprint density at radius 1 is 1.09 bits per heavy atom. The number of benzene rings is 3. The molecule has 0 fully saturated rings. The molecule has 1 N–H and O–H groups in total. The topological polar surface area (TPSA) is 63.2 Å². The zero-order valence-electron chi connectivity index (χ0n) is 18.9. The van der Waals surface area contributed by atoms with Crippen LogP contribution in [-0.4, -0.2) is 37.1 Å². The van der Waals surface area contributed by atoms with Gasteiger partial charge in [-0.2, -0.15) is 5.10 Å². The summed E-state index contributed by atoms with van der Waals surface area (Å²) in [5.74, 6) is 1.11. The predicted molar refractivity (Wildman–Crippen MR) is 134 cm³/mol. The highest BCUT2D eigenvalue weighted by Gasteiger charge is 2.41. The van der Waals surface area contributed by atoms with Crippen LogP contribution in [0, 0.1) is 5.92 Å². The lowest BCUT2D eigenvalue weighted by Crippen LogP contribution is -2.31. The fourth-order valence-electron chi connectivity index (χ4n) is 4.79. The van der Waals surface area contributed by atoms with Gasteiger partial charge in [0.1, 0.15) is 12.4 Å². The molecule has 0 spiro atoms. The predicted octanol–water partition coefficient (Wildman–Crippen LogP) is 5.92. The molecule has 1 heterocycles. The van der Waals surface area contributed by atoms with E-state index in [9.17, 15) is 4.79 Å². The molecular formula is C27H26ClN3O3. The van der Waals surface area contributed by atoms with Gasteiger partial charge in [0, 0.05) is 22.2 Å². The quantitative estimate of drug-likeness (QED) is 0.480. The first kappa shape index (κ1) is 22.3. The molecule has 2 atom stereocenters. The summed E-state index contributed by atoms with van der Waals surface area (Å²) >= 11 is 5.90. The van der Waals surface area contributed by atoms with Crippen molar-refractivity contribution < 1.29 is 14.3 Å². The SMILES string of the molecule is COc1ccc(C2C3CCc4ccccc4C3=NN2CCOC(=O)Nc2ccc(Cl)cc2)cc1. The number of nitrogens with zero attached hydrogens (tertiary/aromatic N) is 2. The second kappa shape index (κ2) is 9.77. The number of hydrazone groups is 1. The van der Waals surface area contributed by atoms with Gasteiger partial charge in [0.05, 0.1) is 25.4 Å². The monoisotopic (exact) mass is 475 g/mol. The molecule has 0 saturated carbocycles. The van der Waals surface area contributed by atoms with Crippen molar-refractivity contribution in [2.75, 3.05) is 25.6 Å². The minimum atomic E-state index is -0.502. The minimum Gasteiger partial charge on any atom is -0.497 e. The van der Waals surface area contributed by atoms with Crippen LogP contribution < -0.4 is 10.1 Å². The second-order valence-electron chi connectivity index (χ2n) is 8.44. The number of anilines is 1. The number of halogens is 1. The van der Waals surface area contributed by atoms with Crippen LogP contribution in [0.15, 0.2) is 77.9 Å². The van der Waals surface area contributed by atoms with Crippen molar-refractivity contribution in [2.45, 2.75) is 18.9 Å². The summed E-state index contributed by atoms with van der Waals surface area (Å²) in [5.41, 5.74) is 5.49. The first-order valence-corrected chi connectivity index (χ1v) is 11.8. The van der Waals surface area contributed by atoms with E-state index in [1.807, 2.05) is 12.1 Å². The molecule has 0 saturated heterocycles. The standard InChI is InChI=1S/C27H26ClN3O3/c1-33-22-13-6-19(7-14-22)26-24-15-8-18-4-2-3-5-23(18)25(24)30-31(26)16-17-34-27(32)29-21-11-9-20(28)10-12-21/h2-7,9-14,24,26H,8,15-17H2,1H3,(H,29,32). The first-order valence-electron chi connectivity index (χ1n) is 11.4. The molecular weight excluding hydrogens is 450 g/mol. The molecule has 3 aromatic rings. The van der Waals surface area contributed by atoms with E-state index in [-0.39, 0.29) is 18.6 Å². The lowest BCUT2D eigenvalue weighted by atomic mass is 9.77. The molecule has 1 aliphatic carbocycles. The van der Waals surface area contributed by atoms with Crippen molar-refractivity contribution in [3.63, 3.8) is 0 Å². The number of rotatable bonds is 6. The fraction of sp³-hybridized carbons (Fsp3) is 0.259. The van der Waals surface area contributed by atoms with E-state index in [0.29, 0.717) is 17.3 Å². The molecule has 5 rings (SSSR count). The molecule has 34 heavy (non-hydrogen) atoms. The molecule has 2 aliphatic rings. The van der Waals surface area contributed by atoms with Crippen molar-refractivity contribution in [1.29, 1.82) is 0 Å². The van der Waals surface area contributed by atoms with Gasteiger partial charge in [-0.05, 0) is 60.4 Å². The summed E-state index contributed by atoms with van der Waals surface area (Å²) in [6, 6.07) is 23.7. The highest BCUT2D eigenvalue weighted by molar-refractivity contribution is 6.30. The molecule has 3 aromatic carbocycles. The number of carbonyl (C=O) groups is 1. The van der Waals surface area contributed by atoms with Crippen LogP contribution in [0.3, 0.4) is 0 Å². The Morgan fingerprint density at radius 2 is 1.85 bits per heavy atom. The number of methoxy groups -OCH3 is 1. The maximum atomic E-state index is 12.3. The third kappa shape index (κ3) is 4.59. The summed E-state index contributed by atoms with van der Waals surface area (Å²) in [5, 5.41) is 10.4. The van der Waals surface area contributed by atoms with Crippen molar-refractivity contribution >= 4 is 29.1 Å². The fourth-order valence-corrected chi connectivity index (χ4v) is 4.92. The molecule has 1 amide bonds. The van der Waals surface area contributed by atoms with Crippen LogP contribution in [0.2, 0.25) is 5.02 Å². The van der Waals surface area contributed by atoms with Crippen molar-refractivity contribution in [3.05, 3.63) is 94.5 Å². The van der Waals surface area contributed by atoms with Crippen molar-refractivity contribution in [1.82, 2.24) is 5.01 Å². The molecule has 2 unspecified atom stereocenters. The van der Waals surface area contributed by atoms with E-state index in [1.54, 1.807) is 31.4 Å². The Kier molecular flexibility index (Phi) is 6.41. The molecule has 1 aliphatic heterocycles. The van der Waals surface area contributed by atoms with Gasteiger partial charge in [-0.25, -0.2) is 4.79 Å². The molecule has 6 nitrogen and oxygen atoms in total. The highest BCUT2D eigenvalue weighted by atomic mass is 35.5. The Hall–Kier alpha value is -3.51. The molecule has 174 valence electrons. The van der Waals surface area contributed by atoms with E-state index < -0.39 is 6.09 Å². The number of ether oxygens (including phenoxy) is 2. The molecule has 0 radical (unpaired) electrons. The van der Waals surface area contributed by atoms with Gasteiger partial charge in [-0.3, -0.25) is 10.3 Å². The van der Waals surface area contributed by atoms with E-state index in [0.717, 1.165) is 24.3 Å². The summed E-state index contributed by atoms with van der Waals surface area (Å²) in [6.45, 7) is 0.712. The Morgan fingerprint density at radius 3 is 2.62 bits per heavy atom. The number of amides is 1. The smallest absolute Gasteiger partial charge is 0.411 e. The van der Waals surface area contributed by atoms with Gasteiger partial charge in [0.15, 0.2) is 0 Å². The Bertz CT molecular complexity index is 1190. The van der Waals surface area contributed by atoms with Gasteiger partial charge < -0.3 is 9.47 Å². The Balaban J connectivity index is 1.32. The summed E-state index contributed by atoms with van der Waals surface area (Å²) in [6.07, 6.45) is 1.55. The summed E-state index contributed by atoms with van der Waals surface area (Å²) in [7, 11) is 1.67. The number of carbonyl (C=O) groups excluding carboxylic acids is 1. The van der Waals surface area contributed by atoms with Crippen LogP contribution in [0.5, 0.6) is 5.75 Å². The number of hydrogen-bond acceptors (Lipinski definition) is 5. The number of aryl methyl sites for hydroxylation is 1. The molecule has 0 bridgehead atoms. The van der Waals surface area contributed by atoms with E-state index in [2.05, 4.69) is 46.7 Å². The van der Waals surface area contributed by atoms with E-state index >= 15 is 0 Å². The highest BCUT2D eigenvalue weighted by Crippen LogP contribution is 2.43. The molecule has 0 aromatic heterocycles. The largest absolute Gasteiger partial charge is 0.497 e. The van der Waals surface area contributed by atoms with Crippen LogP contribution >= 0.6 is 11.6 Å². The zero-order valence-corrected chi connectivity index (χ0v) is 19.7. The second-order valence-corrected chi connectivity index (χ2v) is 8.87. The summed E-state index contributed by atoms with van der Waals surface area (Å²) in [4.78, 5) is 12.3. The van der Waals surface area contributed by atoms with Crippen LogP contribution in [-0.2, 0) is 11.2 Å². The van der Waals surface area contributed by atoms with Gasteiger partial charge >= 0.3 is 6.09 Å². The lowest BCUT2D eigenvalue weighted by molar-refractivity contribution is 0.121. The molecule has 7 heteroatoms. The van der Waals surface area contributed by atoms with Gasteiger partial charge in [-0.15, -0.1) is 0 Å². The normalized spacial score (nSPS) is 18.5. The minimum absolute atomic E-state index is 0.0807. The first-order chi connectivity index (χ1) is 16.6. The summed E-state index contributed by atoms with van der Waals surface area (Å²) < 4.78 is 10.8. The number of nitrogens with one attached hydrogen (secondary N) is 1. The van der Waals surface area contributed by atoms with Crippen molar-refractivity contribution in [2.24, 2.45) is 11.0 Å². The third-order valence-corrected chi connectivity index (χ3v) is 6.66. The third-order valence-electron chi connectivity index (χ3n) is 6.41. The van der Waals surface area contributed by atoms with E-state index in [1.165, 1.54) is 16.7 Å². The maximum absolute atomic E-state index is 12.3. The lowest BCUT2D eigenvalue weighted by Gasteiger charge is -2.30. The van der Waals surface area contributed by atoms with Crippen LogP contribution in [0.25, 0.3) is 0 Å². The van der Waals surface area contributed by atoms with Gasteiger partial charge in [0.25, 0.3) is 0 Å². The van der Waals surface area contributed by atoms with Gasteiger partial charge in [0.2, 0.25) is 0 Å².